The van der Waals surface area contributed by atoms with Gasteiger partial charge in [-0.1, -0.05) is 30.3 Å². The number of carbonyl (C=O) groups excluding carboxylic acids is 1. The Labute approximate surface area is 127 Å². The van der Waals surface area contributed by atoms with E-state index in [9.17, 15) is 13.6 Å². The standard InChI is InChI=1S/C17H16F2N2O/c18-13-5-6-14(15(19)7-13)17(21-16(22)10-20)8-11-3-1-2-4-12(11)9-17/h1-7H,8-10,20H2,(H,21,22). The molecule has 0 fully saturated rings. The van der Waals surface area contributed by atoms with Crippen molar-refractivity contribution < 1.29 is 13.6 Å². The molecule has 5 heteroatoms. The average molecular weight is 302 g/mol. The molecule has 0 aromatic heterocycles. The van der Waals surface area contributed by atoms with Crippen molar-refractivity contribution >= 4 is 5.91 Å². The lowest BCUT2D eigenvalue weighted by atomic mass is 9.86. The van der Waals surface area contributed by atoms with E-state index in [1.807, 2.05) is 24.3 Å². The third-order valence-electron chi connectivity index (χ3n) is 4.11. The average Bonchev–Trinajstić information content (AvgIpc) is 2.85. The van der Waals surface area contributed by atoms with Crippen LogP contribution in [0.4, 0.5) is 8.78 Å². The van der Waals surface area contributed by atoms with Crippen molar-refractivity contribution in [3.8, 4) is 0 Å². The highest BCUT2D eigenvalue weighted by atomic mass is 19.1. The Morgan fingerprint density at radius 2 is 1.77 bits per heavy atom. The van der Waals surface area contributed by atoms with Gasteiger partial charge in [-0.2, -0.15) is 0 Å². The maximum atomic E-state index is 14.3. The molecule has 0 spiro atoms. The van der Waals surface area contributed by atoms with E-state index in [2.05, 4.69) is 5.32 Å². The first-order valence-corrected chi connectivity index (χ1v) is 7.07. The highest BCUT2D eigenvalue weighted by molar-refractivity contribution is 5.79. The van der Waals surface area contributed by atoms with E-state index >= 15 is 0 Å². The number of hydrogen-bond acceptors (Lipinski definition) is 2. The van der Waals surface area contributed by atoms with E-state index in [1.54, 1.807) is 0 Å². The van der Waals surface area contributed by atoms with Crippen LogP contribution in [0.3, 0.4) is 0 Å². The molecule has 2 aromatic rings. The lowest BCUT2D eigenvalue weighted by Crippen LogP contribution is -2.49. The van der Waals surface area contributed by atoms with Gasteiger partial charge in [0, 0.05) is 24.5 Å². The Kier molecular flexibility index (Phi) is 3.66. The van der Waals surface area contributed by atoms with Gasteiger partial charge in [-0.3, -0.25) is 4.79 Å². The molecule has 0 bridgehead atoms. The van der Waals surface area contributed by atoms with Gasteiger partial charge in [0.2, 0.25) is 5.91 Å². The predicted molar refractivity (Wildman–Crippen MR) is 79.1 cm³/mol. The van der Waals surface area contributed by atoms with Crippen LogP contribution in [0.2, 0.25) is 0 Å². The minimum atomic E-state index is -0.919. The minimum absolute atomic E-state index is 0.180. The summed E-state index contributed by atoms with van der Waals surface area (Å²) in [6.07, 6.45) is 0.912. The molecule has 1 aliphatic rings. The van der Waals surface area contributed by atoms with E-state index < -0.39 is 17.2 Å². The fourth-order valence-electron chi connectivity index (χ4n) is 3.16. The van der Waals surface area contributed by atoms with Crippen LogP contribution < -0.4 is 11.1 Å². The summed E-state index contributed by atoms with van der Waals surface area (Å²) in [5.41, 5.74) is 6.84. The molecule has 3 N–H and O–H groups in total. The second kappa shape index (κ2) is 5.50. The predicted octanol–water partition coefficient (Wildman–Crippen LogP) is 2.03. The molecular weight excluding hydrogens is 286 g/mol. The number of rotatable bonds is 3. The van der Waals surface area contributed by atoms with Crippen LogP contribution in [-0.4, -0.2) is 12.5 Å². The molecule has 0 saturated carbocycles. The normalized spacial score (nSPS) is 15.4. The fourth-order valence-corrected chi connectivity index (χ4v) is 3.16. The van der Waals surface area contributed by atoms with Crippen molar-refractivity contribution in [1.29, 1.82) is 0 Å². The molecule has 0 atom stereocenters. The number of fused-ring (bicyclic) bond motifs is 1. The van der Waals surface area contributed by atoms with Crippen LogP contribution in [0.25, 0.3) is 0 Å². The van der Waals surface area contributed by atoms with Crippen LogP contribution in [0, 0.1) is 11.6 Å². The second-order valence-corrected chi connectivity index (χ2v) is 5.58. The van der Waals surface area contributed by atoms with Crippen molar-refractivity contribution in [2.24, 2.45) is 5.73 Å². The molecule has 3 nitrogen and oxygen atoms in total. The molecule has 0 unspecified atom stereocenters. The Morgan fingerprint density at radius 3 is 2.32 bits per heavy atom. The number of nitrogens with two attached hydrogens (primary N) is 1. The summed E-state index contributed by atoms with van der Waals surface area (Å²) in [5, 5.41) is 2.84. The summed E-state index contributed by atoms with van der Waals surface area (Å²) < 4.78 is 27.5. The molecule has 0 saturated heterocycles. The Bertz CT molecular complexity index is 705. The van der Waals surface area contributed by atoms with E-state index in [0.29, 0.717) is 12.8 Å². The third-order valence-corrected chi connectivity index (χ3v) is 4.11. The summed E-state index contributed by atoms with van der Waals surface area (Å²) in [4.78, 5) is 11.8. The lowest BCUT2D eigenvalue weighted by molar-refractivity contribution is -0.121. The van der Waals surface area contributed by atoms with Gasteiger partial charge in [0.15, 0.2) is 0 Å². The first kappa shape index (κ1) is 14.7. The van der Waals surface area contributed by atoms with E-state index in [4.69, 9.17) is 5.73 Å². The van der Waals surface area contributed by atoms with Gasteiger partial charge in [-0.25, -0.2) is 8.78 Å². The number of hydrogen-bond donors (Lipinski definition) is 2. The van der Waals surface area contributed by atoms with Crippen LogP contribution in [0.1, 0.15) is 16.7 Å². The van der Waals surface area contributed by atoms with Gasteiger partial charge in [0.25, 0.3) is 0 Å². The zero-order valence-corrected chi connectivity index (χ0v) is 11.9. The molecule has 3 rings (SSSR count). The fraction of sp³-hybridized carbons (Fsp3) is 0.235. The van der Waals surface area contributed by atoms with E-state index in [0.717, 1.165) is 17.2 Å². The van der Waals surface area contributed by atoms with Crippen LogP contribution in [-0.2, 0) is 23.2 Å². The molecule has 1 aliphatic carbocycles. The van der Waals surface area contributed by atoms with Crippen LogP contribution >= 0.6 is 0 Å². The molecule has 0 heterocycles. The van der Waals surface area contributed by atoms with Gasteiger partial charge in [0.05, 0.1) is 12.1 Å². The molecule has 22 heavy (non-hydrogen) atoms. The summed E-state index contributed by atoms with van der Waals surface area (Å²) in [5.74, 6) is -1.67. The lowest BCUT2D eigenvalue weighted by Gasteiger charge is -2.31. The van der Waals surface area contributed by atoms with Gasteiger partial charge >= 0.3 is 0 Å². The van der Waals surface area contributed by atoms with Crippen molar-refractivity contribution in [3.63, 3.8) is 0 Å². The van der Waals surface area contributed by atoms with Crippen molar-refractivity contribution in [1.82, 2.24) is 5.32 Å². The molecular formula is C17H16F2N2O. The SMILES string of the molecule is NCC(=O)NC1(c2ccc(F)cc2F)Cc2ccccc2C1. The first-order valence-electron chi connectivity index (χ1n) is 7.07. The smallest absolute Gasteiger partial charge is 0.234 e. The molecule has 1 amide bonds. The summed E-state index contributed by atoms with van der Waals surface area (Å²) in [6, 6.07) is 11.2. The van der Waals surface area contributed by atoms with Gasteiger partial charge in [-0.05, 0) is 17.2 Å². The van der Waals surface area contributed by atoms with Gasteiger partial charge in [0.1, 0.15) is 11.6 Å². The highest BCUT2D eigenvalue weighted by Gasteiger charge is 2.41. The van der Waals surface area contributed by atoms with E-state index in [1.165, 1.54) is 12.1 Å². The Balaban J connectivity index is 2.08. The van der Waals surface area contributed by atoms with Crippen LogP contribution in [0.5, 0.6) is 0 Å². The third kappa shape index (κ3) is 2.48. The topological polar surface area (TPSA) is 55.1 Å². The van der Waals surface area contributed by atoms with Crippen molar-refractivity contribution in [2.75, 3.05) is 6.54 Å². The number of carbonyl (C=O) groups is 1. The summed E-state index contributed by atoms with van der Waals surface area (Å²) in [6.45, 7) is -0.180. The highest BCUT2D eigenvalue weighted by Crippen LogP contribution is 2.39. The van der Waals surface area contributed by atoms with Crippen molar-refractivity contribution in [3.05, 3.63) is 70.8 Å². The zero-order valence-electron chi connectivity index (χ0n) is 11.9. The monoisotopic (exact) mass is 302 g/mol. The Morgan fingerprint density at radius 1 is 1.14 bits per heavy atom. The van der Waals surface area contributed by atoms with Gasteiger partial charge < -0.3 is 11.1 Å². The minimum Gasteiger partial charge on any atom is -0.345 e. The van der Waals surface area contributed by atoms with Gasteiger partial charge in [-0.15, -0.1) is 0 Å². The van der Waals surface area contributed by atoms with Crippen LogP contribution in [0.15, 0.2) is 42.5 Å². The number of halogens is 2. The number of nitrogens with one attached hydrogen (secondary N) is 1. The quantitative estimate of drug-likeness (QED) is 0.911. The number of benzene rings is 2. The maximum absolute atomic E-state index is 14.3. The first-order chi connectivity index (χ1) is 10.5. The molecule has 0 aliphatic heterocycles. The summed E-state index contributed by atoms with van der Waals surface area (Å²) in [7, 11) is 0. The summed E-state index contributed by atoms with van der Waals surface area (Å²) >= 11 is 0. The second-order valence-electron chi connectivity index (χ2n) is 5.58. The zero-order chi connectivity index (χ0) is 15.7. The molecule has 2 aromatic carbocycles. The largest absolute Gasteiger partial charge is 0.345 e. The molecule has 0 radical (unpaired) electrons. The molecule has 114 valence electrons. The Hall–Kier alpha value is -2.27. The van der Waals surface area contributed by atoms with Crippen molar-refractivity contribution in [2.45, 2.75) is 18.4 Å². The van der Waals surface area contributed by atoms with E-state index in [-0.39, 0.29) is 18.0 Å². The number of amides is 1. The maximum Gasteiger partial charge on any atom is 0.234 e.